The topological polar surface area (TPSA) is 58.9 Å². The van der Waals surface area contributed by atoms with Gasteiger partial charge in [0.2, 0.25) is 0 Å². The molecule has 2 heterocycles. The molecule has 0 bridgehead atoms. The van der Waals surface area contributed by atoms with E-state index in [1.54, 1.807) is 12.1 Å². The number of rotatable bonds is 3. The second-order valence-corrected chi connectivity index (χ2v) is 8.38. The zero-order valence-corrected chi connectivity index (χ0v) is 17.2. The second kappa shape index (κ2) is 7.03. The van der Waals surface area contributed by atoms with Crippen LogP contribution in [0.25, 0.3) is 17.7 Å². The summed E-state index contributed by atoms with van der Waals surface area (Å²) < 4.78 is 12.1. The van der Waals surface area contributed by atoms with Gasteiger partial charge in [-0.3, -0.25) is 0 Å². The van der Waals surface area contributed by atoms with E-state index in [-0.39, 0.29) is 11.5 Å². The first-order valence-corrected chi connectivity index (χ1v) is 9.81. The number of phenolic OH excluding ortho intramolecular Hbond substituents is 2. The summed E-state index contributed by atoms with van der Waals surface area (Å²) in [6, 6.07) is 7.22. The van der Waals surface area contributed by atoms with Gasteiger partial charge in [0.15, 0.2) is 0 Å². The SMILES string of the molecule is CC(C)=CCc1cc2c(cc1O)OCC(c1ccc(O)c3c1OC(C)(C)C=C3)=C2. The van der Waals surface area contributed by atoms with Crippen molar-refractivity contribution in [1.82, 2.24) is 0 Å². The average Bonchev–Trinajstić information content (AvgIpc) is 2.65. The Balaban J connectivity index is 1.78. The lowest BCUT2D eigenvalue weighted by atomic mass is 9.93. The van der Waals surface area contributed by atoms with Gasteiger partial charge in [-0.2, -0.15) is 0 Å². The summed E-state index contributed by atoms with van der Waals surface area (Å²) in [5, 5.41) is 20.6. The Kier molecular flexibility index (Phi) is 4.65. The molecule has 150 valence electrons. The fraction of sp³-hybridized carbons (Fsp3) is 0.280. The highest BCUT2D eigenvalue weighted by atomic mass is 16.5. The van der Waals surface area contributed by atoms with Crippen LogP contribution in [-0.4, -0.2) is 22.4 Å². The van der Waals surface area contributed by atoms with Crippen LogP contribution < -0.4 is 9.47 Å². The van der Waals surface area contributed by atoms with Gasteiger partial charge in [0.25, 0.3) is 0 Å². The Morgan fingerprint density at radius 2 is 1.93 bits per heavy atom. The number of benzene rings is 2. The number of fused-ring (bicyclic) bond motifs is 2. The van der Waals surface area contributed by atoms with E-state index in [0.29, 0.717) is 30.1 Å². The molecule has 0 unspecified atom stereocenters. The minimum Gasteiger partial charge on any atom is -0.508 e. The summed E-state index contributed by atoms with van der Waals surface area (Å²) >= 11 is 0. The molecular formula is C25H26O4. The number of phenols is 2. The van der Waals surface area contributed by atoms with Crippen molar-refractivity contribution >= 4 is 17.7 Å². The molecule has 0 spiro atoms. The second-order valence-electron chi connectivity index (χ2n) is 8.38. The Morgan fingerprint density at radius 1 is 1.14 bits per heavy atom. The first-order chi connectivity index (χ1) is 13.7. The van der Waals surface area contributed by atoms with Gasteiger partial charge in [-0.1, -0.05) is 11.6 Å². The molecule has 0 saturated heterocycles. The molecule has 0 aromatic heterocycles. The summed E-state index contributed by atoms with van der Waals surface area (Å²) in [5.74, 6) is 1.78. The summed E-state index contributed by atoms with van der Waals surface area (Å²) in [5.41, 5.74) is 5.10. The standard InChI is InChI=1S/C25H26O4/c1-15(2)5-6-16-11-17-12-18(14-28-23(17)13-22(16)27)19-7-8-21(26)20-9-10-25(3,4)29-24(19)20/h5,7-13,26-27H,6,14H2,1-4H3. The van der Waals surface area contributed by atoms with E-state index in [4.69, 9.17) is 9.47 Å². The Labute approximate surface area is 171 Å². The zero-order valence-electron chi connectivity index (χ0n) is 17.2. The van der Waals surface area contributed by atoms with Crippen LogP contribution in [0.2, 0.25) is 0 Å². The van der Waals surface area contributed by atoms with Crippen LogP contribution in [0, 0.1) is 0 Å². The van der Waals surface area contributed by atoms with Gasteiger partial charge < -0.3 is 19.7 Å². The largest absolute Gasteiger partial charge is 0.508 e. The van der Waals surface area contributed by atoms with E-state index in [1.807, 2.05) is 52.0 Å². The molecule has 4 nitrogen and oxygen atoms in total. The minimum absolute atomic E-state index is 0.196. The van der Waals surface area contributed by atoms with Crippen molar-refractivity contribution in [2.75, 3.05) is 6.61 Å². The third-order valence-corrected chi connectivity index (χ3v) is 5.19. The first kappa shape index (κ1) is 19.2. The fourth-order valence-corrected chi connectivity index (χ4v) is 3.58. The van der Waals surface area contributed by atoms with Crippen LogP contribution in [0.1, 0.15) is 49.9 Å². The summed E-state index contributed by atoms with van der Waals surface area (Å²) in [7, 11) is 0. The highest BCUT2D eigenvalue weighted by Gasteiger charge is 2.28. The molecule has 0 aliphatic carbocycles. The molecular weight excluding hydrogens is 364 g/mol. The average molecular weight is 390 g/mol. The zero-order chi connectivity index (χ0) is 20.8. The van der Waals surface area contributed by atoms with E-state index in [0.717, 1.165) is 22.3 Å². The van der Waals surface area contributed by atoms with Crippen LogP contribution in [0.3, 0.4) is 0 Å². The molecule has 0 fully saturated rings. The first-order valence-electron chi connectivity index (χ1n) is 9.81. The van der Waals surface area contributed by atoms with Gasteiger partial charge in [0.05, 0.1) is 5.56 Å². The van der Waals surface area contributed by atoms with E-state index in [9.17, 15) is 10.2 Å². The molecule has 0 saturated carbocycles. The Bertz CT molecular complexity index is 1070. The van der Waals surface area contributed by atoms with Crippen LogP contribution in [0.15, 0.2) is 42.0 Å². The molecule has 0 atom stereocenters. The number of hydrogen-bond donors (Lipinski definition) is 2. The monoisotopic (exact) mass is 390 g/mol. The lowest BCUT2D eigenvalue weighted by Crippen LogP contribution is -2.28. The van der Waals surface area contributed by atoms with E-state index in [1.165, 1.54) is 5.57 Å². The van der Waals surface area contributed by atoms with Crippen molar-refractivity contribution in [3.05, 3.63) is 64.2 Å². The molecule has 29 heavy (non-hydrogen) atoms. The third kappa shape index (κ3) is 3.75. The third-order valence-electron chi connectivity index (χ3n) is 5.19. The van der Waals surface area contributed by atoms with Crippen LogP contribution in [-0.2, 0) is 6.42 Å². The summed E-state index contributed by atoms with van der Waals surface area (Å²) in [4.78, 5) is 0. The lowest BCUT2D eigenvalue weighted by molar-refractivity contribution is 0.157. The van der Waals surface area contributed by atoms with Gasteiger partial charge in [-0.25, -0.2) is 0 Å². The fourth-order valence-electron chi connectivity index (χ4n) is 3.58. The highest BCUT2D eigenvalue weighted by molar-refractivity contribution is 5.90. The number of aromatic hydroxyl groups is 2. The number of allylic oxidation sites excluding steroid dienone is 2. The molecule has 2 aromatic rings. The molecule has 2 aromatic carbocycles. The maximum absolute atomic E-state index is 10.3. The summed E-state index contributed by atoms with van der Waals surface area (Å²) in [6.45, 7) is 8.42. The summed E-state index contributed by atoms with van der Waals surface area (Å²) in [6.07, 6.45) is 8.69. The van der Waals surface area contributed by atoms with Crippen LogP contribution in [0.5, 0.6) is 23.0 Å². The Morgan fingerprint density at radius 3 is 2.69 bits per heavy atom. The molecule has 2 N–H and O–H groups in total. The normalized spacial score (nSPS) is 16.1. The quantitative estimate of drug-likeness (QED) is 0.658. The van der Waals surface area contributed by atoms with Crippen molar-refractivity contribution in [2.45, 2.75) is 39.7 Å². The minimum atomic E-state index is -0.452. The van der Waals surface area contributed by atoms with Crippen LogP contribution >= 0.6 is 0 Å². The smallest absolute Gasteiger partial charge is 0.139 e. The van der Waals surface area contributed by atoms with E-state index in [2.05, 4.69) is 12.2 Å². The molecule has 4 rings (SSSR count). The van der Waals surface area contributed by atoms with E-state index >= 15 is 0 Å². The number of hydrogen-bond acceptors (Lipinski definition) is 4. The number of ether oxygens (including phenoxy) is 2. The molecule has 2 aliphatic heterocycles. The molecule has 0 amide bonds. The van der Waals surface area contributed by atoms with Gasteiger partial charge >= 0.3 is 0 Å². The van der Waals surface area contributed by atoms with Crippen molar-refractivity contribution in [2.24, 2.45) is 0 Å². The van der Waals surface area contributed by atoms with Gasteiger partial charge in [0, 0.05) is 22.8 Å². The maximum Gasteiger partial charge on any atom is 0.139 e. The molecule has 2 aliphatic rings. The Hall–Kier alpha value is -3.14. The van der Waals surface area contributed by atoms with Crippen molar-refractivity contribution in [1.29, 1.82) is 0 Å². The predicted octanol–water partition coefficient (Wildman–Crippen LogP) is 5.72. The van der Waals surface area contributed by atoms with Crippen molar-refractivity contribution in [3.63, 3.8) is 0 Å². The molecule has 4 heteroatoms. The maximum atomic E-state index is 10.3. The van der Waals surface area contributed by atoms with Gasteiger partial charge in [0.1, 0.15) is 35.2 Å². The van der Waals surface area contributed by atoms with Gasteiger partial charge in [-0.15, -0.1) is 0 Å². The van der Waals surface area contributed by atoms with Crippen LogP contribution in [0.4, 0.5) is 0 Å². The molecule has 0 radical (unpaired) electrons. The van der Waals surface area contributed by atoms with Crippen molar-refractivity contribution < 1.29 is 19.7 Å². The van der Waals surface area contributed by atoms with Crippen molar-refractivity contribution in [3.8, 4) is 23.0 Å². The van der Waals surface area contributed by atoms with Gasteiger partial charge in [-0.05, 0) is 76.1 Å². The predicted molar refractivity (Wildman–Crippen MR) is 116 cm³/mol. The highest BCUT2D eigenvalue weighted by Crippen LogP contribution is 2.44. The lowest BCUT2D eigenvalue weighted by Gasteiger charge is -2.31. The van der Waals surface area contributed by atoms with E-state index < -0.39 is 5.60 Å².